The molecule has 0 aliphatic rings. The fraction of sp³-hybridized carbons (Fsp3) is 0.143. The zero-order chi connectivity index (χ0) is 7.56. The van der Waals surface area contributed by atoms with Crippen molar-refractivity contribution < 1.29 is 8.94 Å². The Bertz CT molecular complexity index is 225. The van der Waals surface area contributed by atoms with E-state index in [9.17, 15) is 8.94 Å². The van der Waals surface area contributed by atoms with Crippen LogP contribution in [0.15, 0.2) is 23.1 Å². The van der Waals surface area contributed by atoms with E-state index in [0.717, 1.165) is 0 Å². The van der Waals surface area contributed by atoms with Crippen LogP contribution in [0.25, 0.3) is 0 Å². The molecule has 0 saturated heterocycles. The molecule has 1 rings (SSSR count). The summed E-state index contributed by atoms with van der Waals surface area (Å²) in [5.74, 6) is -0.465. The molecule has 1 unspecified atom stereocenters. The quantitative estimate of drug-likeness (QED) is 0.564. The summed E-state index contributed by atoms with van der Waals surface area (Å²) in [5, 5.41) is 0. The van der Waals surface area contributed by atoms with Gasteiger partial charge < -0.3 is 4.55 Å². The van der Waals surface area contributed by atoms with Gasteiger partial charge in [-0.3, -0.25) is 0 Å². The molecule has 1 radical (unpaired) electrons. The van der Waals surface area contributed by atoms with Gasteiger partial charge in [0.1, 0.15) is 12.1 Å². The monoisotopic (exact) mass is 157 g/mol. The summed E-state index contributed by atoms with van der Waals surface area (Å²) in [6, 6.07) is 6.55. The number of rotatable bonds is 1. The van der Waals surface area contributed by atoms with Gasteiger partial charge in [-0.15, -0.1) is 0 Å². The molecule has 1 nitrogen and oxygen atoms in total. The summed E-state index contributed by atoms with van der Waals surface area (Å²) < 4.78 is 23.1. The van der Waals surface area contributed by atoms with Crippen molar-refractivity contribution in [2.45, 2.75) is 4.90 Å². The summed E-state index contributed by atoms with van der Waals surface area (Å²) in [7, 11) is 0. The van der Waals surface area contributed by atoms with Crippen LogP contribution in [-0.2, 0) is 11.2 Å². The summed E-state index contributed by atoms with van der Waals surface area (Å²) in [6.07, 6.45) is 1.51. The minimum Gasteiger partial charge on any atom is -0.612 e. The third-order valence-corrected chi connectivity index (χ3v) is 1.99. The fourth-order valence-corrected chi connectivity index (χ4v) is 1.13. The lowest BCUT2D eigenvalue weighted by atomic mass is 10.4. The molecule has 10 heavy (non-hydrogen) atoms. The molecular formula is C7H6FOS. The highest BCUT2D eigenvalue weighted by Crippen LogP contribution is 2.08. The van der Waals surface area contributed by atoms with Crippen molar-refractivity contribution >= 4 is 11.2 Å². The van der Waals surface area contributed by atoms with Crippen LogP contribution >= 0.6 is 0 Å². The van der Waals surface area contributed by atoms with Crippen LogP contribution < -0.4 is 0 Å². The van der Waals surface area contributed by atoms with Crippen molar-refractivity contribution in [1.82, 2.24) is 0 Å². The molecule has 0 bridgehead atoms. The van der Waals surface area contributed by atoms with Gasteiger partial charge >= 0.3 is 0 Å². The van der Waals surface area contributed by atoms with E-state index in [-0.39, 0.29) is 0 Å². The first-order chi connectivity index (χ1) is 4.70. The van der Waals surface area contributed by atoms with E-state index in [1.807, 2.05) is 0 Å². The highest BCUT2D eigenvalue weighted by molar-refractivity contribution is 7.90. The lowest BCUT2D eigenvalue weighted by Crippen LogP contribution is -1.96. The number of hydrogen-bond donors (Lipinski definition) is 0. The van der Waals surface area contributed by atoms with E-state index in [1.54, 1.807) is 6.07 Å². The Kier molecular flexibility index (Phi) is 2.29. The second-order valence-corrected chi connectivity index (χ2v) is 3.21. The second-order valence-electron chi connectivity index (χ2n) is 1.83. The predicted molar refractivity (Wildman–Crippen MR) is 37.6 cm³/mol. The van der Waals surface area contributed by atoms with Crippen molar-refractivity contribution in [3.8, 4) is 0 Å². The first kappa shape index (κ1) is 7.57. The Balaban J connectivity index is 2.96. The fourth-order valence-electron chi connectivity index (χ4n) is 0.597. The number of benzene rings is 1. The molecule has 0 N–H and O–H groups in total. The van der Waals surface area contributed by atoms with Crippen molar-refractivity contribution in [3.05, 3.63) is 30.1 Å². The molecule has 0 aliphatic carbocycles. The van der Waals surface area contributed by atoms with Crippen LogP contribution in [0.4, 0.5) is 4.39 Å². The standard InChI is InChI=1S/C7H6FOS/c1-10(9)7-4-2-3-6(8)5-7/h2,4-5H,1H3. The van der Waals surface area contributed by atoms with Gasteiger partial charge in [0.05, 0.1) is 0 Å². The molecule has 0 amide bonds. The number of hydrogen-bond acceptors (Lipinski definition) is 1. The molecule has 0 aliphatic heterocycles. The first-order valence-corrected chi connectivity index (χ1v) is 4.26. The van der Waals surface area contributed by atoms with E-state index < -0.39 is 17.0 Å². The zero-order valence-corrected chi connectivity index (χ0v) is 6.24. The Morgan fingerprint density at radius 2 is 2.40 bits per heavy atom. The molecule has 1 aromatic rings. The van der Waals surface area contributed by atoms with Crippen molar-refractivity contribution in [2.24, 2.45) is 0 Å². The van der Waals surface area contributed by atoms with Crippen LogP contribution in [0.1, 0.15) is 0 Å². The molecule has 0 fully saturated rings. The third-order valence-electron chi connectivity index (χ3n) is 1.07. The molecule has 3 heteroatoms. The van der Waals surface area contributed by atoms with E-state index in [0.29, 0.717) is 4.90 Å². The highest BCUT2D eigenvalue weighted by Gasteiger charge is 2.03. The normalized spacial score (nSPS) is 13.1. The second kappa shape index (κ2) is 3.03. The molecule has 1 atom stereocenters. The molecule has 0 spiro atoms. The third kappa shape index (κ3) is 1.72. The zero-order valence-electron chi connectivity index (χ0n) is 5.43. The Labute approximate surface area is 62.1 Å². The van der Waals surface area contributed by atoms with Gasteiger partial charge in [0.15, 0.2) is 4.90 Å². The van der Waals surface area contributed by atoms with Gasteiger partial charge in [-0.1, -0.05) is 0 Å². The minimum atomic E-state index is -1.10. The van der Waals surface area contributed by atoms with Crippen LogP contribution in [-0.4, -0.2) is 10.8 Å². The van der Waals surface area contributed by atoms with Gasteiger partial charge in [-0.05, 0) is 23.3 Å². The van der Waals surface area contributed by atoms with Crippen molar-refractivity contribution in [2.75, 3.05) is 6.26 Å². The van der Waals surface area contributed by atoms with Crippen molar-refractivity contribution in [3.63, 3.8) is 0 Å². The molecule has 1 aromatic carbocycles. The van der Waals surface area contributed by atoms with Crippen LogP contribution in [0, 0.1) is 11.9 Å². The van der Waals surface area contributed by atoms with Crippen LogP contribution in [0.5, 0.6) is 0 Å². The maximum Gasteiger partial charge on any atom is 0.155 e. The Hall–Kier alpha value is -0.540. The summed E-state index contributed by atoms with van der Waals surface area (Å²) in [6.45, 7) is 0. The molecular weight excluding hydrogens is 151 g/mol. The Morgan fingerprint density at radius 3 is 2.80 bits per heavy atom. The lowest BCUT2D eigenvalue weighted by Gasteiger charge is -2.01. The Morgan fingerprint density at radius 1 is 1.70 bits per heavy atom. The average molecular weight is 157 g/mol. The summed E-state index contributed by atoms with van der Waals surface area (Å²) in [5.41, 5.74) is 0. The van der Waals surface area contributed by atoms with Crippen LogP contribution in [0.2, 0.25) is 0 Å². The van der Waals surface area contributed by atoms with Gasteiger partial charge in [-0.25, -0.2) is 4.39 Å². The van der Waals surface area contributed by atoms with Crippen molar-refractivity contribution in [1.29, 1.82) is 0 Å². The number of halogens is 1. The minimum absolute atomic E-state index is 0.465. The van der Waals surface area contributed by atoms with E-state index in [2.05, 4.69) is 6.07 Å². The van der Waals surface area contributed by atoms with Gasteiger partial charge in [0.25, 0.3) is 0 Å². The highest BCUT2D eigenvalue weighted by atomic mass is 32.2. The average Bonchev–Trinajstić information content (AvgIpc) is 1.88. The van der Waals surface area contributed by atoms with Gasteiger partial charge in [0, 0.05) is 12.1 Å². The largest absolute Gasteiger partial charge is 0.612 e. The van der Waals surface area contributed by atoms with E-state index >= 15 is 0 Å². The lowest BCUT2D eigenvalue weighted by molar-refractivity contribution is 0.594. The maximum absolute atomic E-state index is 12.3. The molecule has 0 saturated carbocycles. The van der Waals surface area contributed by atoms with E-state index in [1.165, 1.54) is 18.4 Å². The smallest absolute Gasteiger partial charge is 0.155 e. The SMILES string of the molecule is C[S+]([O-])c1cc[c]c(F)c1. The molecule has 53 valence electrons. The first-order valence-electron chi connectivity index (χ1n) is 2.71. The van der Waals surface area contributed by atoms with Gasteiger partial charge in [0.2, 0.25) is 0 Å². The van der Waals surface area contributed by atoms with Gasteiger partial charge in [-0.2, -0.15) is 0 Å². The van der Waals surface area contributed by atoms with E-state index in [4.69, 9.17) is 0 Å². The predicted octanol–water partition coefficient (Wildman–Crippen LogP) is 1.36. The molecule has 0 heterocycles. The maximum atomic E-state index is 12.3. The topological polar surface area (TPSA) is 23.1 Å². The van der Waals surface area contributed by atoms with Crippen LogP contribution in [0.3, 0.4) is 0 Å². The molecule has 0 aromatic heterocycles. The summed E-state index contributed by atoms with van der Waals surface area (Å²) >= 11 is -1.10. The summed E-state index contributed by atoms with van der Waals surface area (Å²) in [4.78, 5) is 0.497.